The highest BCUT2D eigenvalue weighted by atomic mass is 16.5. The predicted molar refractivity (Wildman–Crippen MR) is 78.5 cm³/mol. The maximum Gasteiger partial charge on any atom is 0.245 e. The number of hydrogen-bond acceptors (Lipinski definition) is 4. The lowest BCUT2D eigenvalue weighted by molar-refractivity contribution is -0.126. The van der Waals surface area contributed by atoms with Crippen molar-refractivity contribution in [2.45, 2.75) is 12.8 Å². The molecule has 1 saturated heterocycles. The van der Waals surface area contributed by atoms with Gasteiger partial charge in [0.25, 0.3) is 0 Å². The van der Waals surface area contributed by atoms with Crippen LogP contribution in [0.25, 0.3) is 10.9 Å². The van der Waals surface area contributed by atoms with Gasteiger partial charge in [-0.05, 0) is 25.0 Å². The Kier molecular flexibility index (Phi) is 3.55. The zero-order chi connectivity index (χ0) is 14.7. The van der Waals surface area contributed by atoms with Crippen molar-refractivity contribution >= 4 is 22.5 Å². The first-order valence-electron chi connectivity index (χ1n) is 6.89. The topological polar surface area (TPSA) is 75.0 Å². The number of carbonyl (C=O) groups excluding carboxylic acids is 1. The summed E-state index contributed by atoms with van der Waals surface area (Å²) >= 11 is 0. The summed E-state index contributed by atoms with van der Waals surface area (Å²) in [4.78, 5) is 16.7. The van der Waals surface area contributed by atoms with Crippen LogP contribution in [-0.4, -0.2) is 24.1 Å². The normalized spacial score (nSPS) is 17.1. The molecule has 2 heterocycles. The van der Waals surface area contributed by atoms with Gasteiger partial charge in [-0.25, -0.2) is 0 Å². The molecule has 5 heteroatoms. The summed E-state index contributed by atoms with van der Waals surface area (Å²) < 4.78 is 5.24. The van der Waals surface area contributed by atoms with Crippen LogP contribution in [0.2, 0.25) is 0 Å². The highest BCUT2D eigenvalue weighted by molar-refractivity contribution is 5.98. The average Bonchev–Trinajstić information content (AvgIpc) is 2.55. The van der Waals surface area contributed by atoms with Gasteiger partial charge in [0.05, 0.1) is 23.5 Å². The fraction of sp³-hybridized carbons (Fsp3) is 0.312. The summed E-state index contributed by atoms with van der Waals surface area (Å²) in [7, 11) is 0. The molecule has 1 aliphatic heterocycles. The van der Waals surface area contributed by atoms with Crippen molar-refractivity contribution < 1.29 is 9.53 Å². The molecule has 0 radical (unpaired) electrons. The summed E-state index contributed by atoms with van der Waals surface area (Å²) in [6, 6.07) is 11.7. The molecule has 3 rings (SSSR count). The van der Waals surface area contributed by atoms with E-state index in [0.717, 1.165) is 10.9 Å². The first-order valence-corrected chi connectivity index (χ1v) is 6.89. The number of nitriles is 1. The Morgan fingerprint density at radius 2 is 2.10 bits per heavy atom. The number of rotatable bonds is 2. The van der Waals surface area contributed by atoms with Crippen molar-refractivity contribution in [3.05, 3.63) is 36.5 Å². The molecule has 0 saturated carbocycles. The number of hydrogen-bond donors (Lipinski definition) is 1. The van der Waals surface area contributed by atoms with E-state index in [2.05, 4.69) is 16.4 Å². The van der Waals surface area contributed by atoms with Gasteiger partial charge in [0.2, 0.25) is 5.91 Å². The van der Waals surface area contributed by atoms with Crippen LogP contribution in [0, 0.1) is 16.7 Å². The third-order valence-electron chi connectivity index (χ3n) is 3.84. The van der Waals surface area contributed by atoms with Crippen LogP contribution in [0.15, 0.2) is 36.5 Å². The molecule has 2 aromatic rings. The van der Waals surface area contributed by atoms with Gasteiger partial charge in [-0.15, -0.1) is 0 Å². The lowest BCUT2D eigenvalue weighted by atomic mass is 9.81. The number of benzene rings is 1. The van der Waals surface area contributed by atoms with E-state index in [9.17, 15) is 10.1 Å². The van der Waals surface area contributed by atoms with Gasteiger partial charge in [0.15, 0.2) is 0 Å². The van der Waals surface area contributed by atoms with Crippen molar-refractivity contribution in [2.24, 2.45) is 5.41 Å². The number of aromatic nitrogens is 1. The smallest absolute Gasteiger partial charge is 0.245 e. The molecule has 0 atom stereocenters. The average molecular weight is 281 g/mol. The SMILES string of the molecule is N#CC1(C(=O)Nc2cnc3ccccc3c2)CCOCC1. The summed E-state index contributed by atoms with van der Waals surface area (Å²) in [6.07, 6.45) is 2.47. The van der Waals surface area contributed by atoms with E-state index in [0.29, 0.717) is 31.7 Å². The maximum atomic E-state index is 12.4. The molecule has 0 spiro atoms. The van der Waals surface area contributed by atoms with Gasteiger partial charge in [-0.2, -0.15) is 5.26 Å². The number of fused-ring (bicyclic) bond motifs is 1. The van der Waals surface area contributed by atoms with E-state index in [1.54, 1.807) is 6.20 Å². The lowest BCUT2D eigenvalue weighted by Gasteiger charge is -2.29. The predicted octanol–water partition coefficient (Wildman–Crippen LogP) is 2.49. The Balaban J connectivity index is 1.84. The van der Waals surface area contributed by atoms with Gasteiger partial charge in [0.1, 0.15) is 5.41 Å². The minimum Gasteiger partial charge on any atom is -0.381 e. The molecular weight excluding hydrogens is 266 g/mol. The fourth-order valence-corrected chi connectivity index (χ4v) is 2.50. The standard InChI is InChI=1S/C16H15N3O2/c17-11-16(5-7-21-8-6-16)15(20)19-13-9-12-3-1-2-4-14(12)18-10-13/h1-4,9-10H,5-8H2,(H,19,20). The van der Waals surface area contributed by atoms with Crippen molar-refractivity contribution in [1.29, 1.82) is 5.26 Å². The molecule has 0 unspecified atom stereocenters. The molecule has 5 nitrogen and oxygen atoms in total. The summed E-state index contributed by atoms with van der Waals surface area (Å²) in [5.41, 5.74) is 0.487. The molecule has 0 bridgehead atoms. The first-order chi connectivity index (χ1) is 10.2. The molecular formula is C16H15N3O2. The number of amides is 1. The molecule has 1 N–H and O–H groups in total. The van der Waals surface area contributed by atoms with Crippen LogP contribution in [0.5, 0.6) is 0 Å². The number of ether oxygens (including phenoxy) is 1. The fourth-order valence-electron chi connectivity index (χ4n) is 2.50. The van der Waals surface area contributed by atoms with Crippen molar-refractivity contribution in [3.8, 4) is 6.07 Å². The number of anilines is 1. The summed E-state index contributed by atoms with van der Waals surface area (Å²) in [6.45, 7) is 0.883. The molecule has 21 heavy (non-hydrogen) atoms. The molecule has 1 aromatic carbocycles. The van der Waals surface area contributed by atoms with Crippen LogP contribution < -0.4 is 5.32 Å². The van der Waals surface area contributed by atoms with Gasteiger partial charge in [-0.3, -0.25) is 9.78 Å². The quantitative estimate of drug-likeness (QED) is 0.917. The molecule has 106 valence electrons. The number of carbonyl (C=O) groups is 1. The molecule has 1 fully saturated rings. The van der Waals surface area contributed by atoms with Crippen molar-refractivity contribution in [3.63, 3.8) is 0 Å². The Bertz CT molecular complexity index is 715. The van der Waals surface area contributed by atoms with E-state index in [1.807, 2.05) is 30.3 Å². The lowest BCUT2D eigenvalue weighted by Crippen LogP contribution is -2.39. The van der Waals surface area contributed by atoms with Gasteiger partial charge in [0, 0.05) is 18.6 Å². The van der Waals surface area contributed by atoms with Gasteiger partial charge in [-0.1, -0.05) is 18.2 Å². The Labute approximate surface area is 122 Å². The van der Waals surface area contributed by atoms with Crippen molar-refractivity contribution in [1.82, 2.24) is 4.98 Å². The van der Waals surface area contributed by atoms with Crippen LogP contribution in [0.1, 0.15) is 12.8 Å². The Morgan fingerprint density at radius 1 is 1.33 bits per heavy atom. The minimum absolute atomic E-state index is 0.273. The largest absolute Gasteiger partial charge is 0.381 e. The zero-order valence-electron chi connectivity index (χ0n) is 11.5. The van der Waals surface area contributed by atoms with Gasteiger partial charge >= 0.3 is 0 Å². The van der Waals surface area contributed by atoms with Gasteiger partial charge < -0.3 is 10.1 Å². The van der Waals surface area contributed by atoms with Crippen molar-refractivity contribution in [2.75, 3.05) is 18.5 Å². The summed E-state index contributed by atoms with van der Waals surface area (Å²) in [5, 5.41) is 13.1. The van der Waals surface area contributed by atoms with Crippen LogP contribution in [0.4, 0.5) is 5.69 Å². The number of nitrogens with zero attached hydrogens (tertiary/aromatic N) is 2. The zero-order valence-corrected chi connectivity index (χ0v) is 11.5. The second kappa shape index (κ2) is 5.51. The van der Waals surface area contributed by atoms with E-state index in [1.165, 1.54) is 0 Å². The third-order valence-corrected chi connectivity index (χ3v) is 3.84. The molecule has 0 aliphatic carbocycles. The maximum absolute atomic E-state index is 12.4. The number of pyridine rings is 1. The van der Waals surface area contributed by atoms with E-state index < -0.39 is 5.41 Å². The Hall–Kier alpha value is -2.45. The molecule has 1 amide bonds. The highest BCUT2D eigenvalue weighted by Crippen LogP contribution is 2.31. The molecule has 1 aromatic heterocycles. The van der Waals surface area contributed by atoms with Crippen LogP contribution in [0.3, 0.4) is 0 Å². The highest BCUT2D eigenvalue weighted by Gasteiger charge is 2.40. The second-order valence-corrected chi connectivity index (χ2v) is 5.18. The third kappa shape index (κ3) is 2.58. The first kappa shape index (κ1) is 13.5. The van der Waals surface area contributed by atoms with E-state index >= 15 is 0 Å². The minimum atomic E-state index is -0.996. The van der Waals surface area contributed by atoms with E-state index in [4.69, 9.17) is 4.74 Å². The number of nitrogens with one attached hydrogen (secondary N) is 1. The second-order valence-electron chi connectivity index (χ2n) is 5.18. The number of para-hydroxylation sites is 1. The Morgan fingerprint density at radius 3 is 2.86 bits per heavy atom. The van der Waals surface area contributed by atoms with Crippen LogP contribution in [-0.2, 0) is 9.53 Å². The molecule has 1 aliphatic rings. The van der Waals surface area contributed by atoms with E-state index in [-0.39, 0.29) is 5.91 Å². The monoisotopic (exact) mass is 281 g/mol. The van der Waals surface area contributed by atoms with Crippen LogP contribution >= 0.6 is 0 Å². The summed E-state index contributed by atoms with van der Waals surface area (Å²) in [5.74, 6) is -0.273.